The molecule has 0 aliphatic carbocycles. The molecule has 112 valence electrons. The van der Waals surface area contributed by atoms with E-state index in [4.69, 9.17) is 0 Å². The van der Waals surface area contributed by atoms with Crippen LogP contribution in [0.4, 0.5) is 0 Å². The van der Waals surface area contributed by atoms with Crippen LogP contribution in [0.5, 0.6) is 0 Å². The molecule has 0 radical (unpaired) electrons. The summed E-state index contributed by atoms with van der Waals surface area (Å²) in [7, 11) is 0. The fourth-order valence-electron chi connectivity index (χ4n) is 2.05. The highest BCUT2D eigenvalue weighted by molar-refractivity contribution is 5.87. The van der Waals surface area contributed by atoms with E-state index in [2.05, 4.69) is 6.92 Å². The van der Waals surface area contributed by atoms with E-state index < -0.39 is 0 Å². The molecule has 0 aliphatic heterocycles. The van der Waals surface area contributed by atoms with Crippen LogP contribution in [-0.4, -0.2) is 35.1 Å². The maximum absolute atomic E-state index is 11.8. The van der Waals surface area contributed by atoms with Crippen molar-refractivity contribution < 1.29 is 9.90 Å². The zero-order valence-electron chi connectivity index (χ0n) is 13.1. The van der Waals surface area contributed by atoms with Gasteiger partial charge in [0.15, 0.2) is 0 Å². The minimum atomic E-state index is -0.336. The summed E-state index contributed by atoms with van der Waals surface area (Å²) in [5.74, 6) is 0.0798. The number of hydrogen-bond acceptors (Lipinski definition) is 2. The Kier molecular flexibility index (Phi) is 10.6. The average Bonchev–Trinajstić information content (AvgIpc) is 2.42. The number of carbonyl (C=O) groups excluding carboxylic acids is 1. The van der Waals surface area contributed by atoms with E-state index >= 15 is 0 Å². The summed E-state index contributed by atoms with van der Waals surface area (Å²) >= 11 is 0. The maximum atomic E-state index is 11.8. The van der Waals surface area contributed by atoms with Gasteiger partial charge in [0.25, 0.3) is 0 Å². The number of amides is 1. The van der Waals surface area contributed by atoms with Crippen LogP contribution in [0.3, 0.4) is 0 Å². The molecule has 0 bridgehead atoms. The summed E-state index contributed by atoms with van der Waals surface area (Å²) in [6, 6.07) is 0. The molecule has 0 aromatic rings. The van der Waals surface area contributed by atoms with Crippen molar-refractivity contribution >= 4 is 5.91 Å². The second kappa shape index (κ2) is 11.0. The molecule has 3 heteroatoms. The van der Waals surface area contributed by atoms with Crippen molar-refractivity contribution in [3.63, 3.8) is 0 Å². The summed E-state index contributed by atoms with van der Waals surface area (Å²) in [5.41, 5.74) is 0. The molecule has 1 N–H and O–H groups in total. The summed E-state index contributed by atoms with van der Waals surface area (Å²) in [6.07, 6.45) is 8.63. The number of hydrogen-bond donors (Lipinski definition) is 1. The SMILES string of the molecule is CCCCCC[C@@H](O)[C@H](C)/C=C/C(=O)N(CC)CC. The molecule has 0 fully saturated rings. The molecule has 0 unspecified atom stereocenters. The van der Waals surface area contributed by atoms with E-state index in [1.807, 2.05) is 26.8 Å². The molecule has 0 rings (SSSR count). The first-order chi connectivity index (χ1) is 9.06. The van der Waals surface area contributed by atoms with Gasteiger partial charge in [-0.2, -0.15) is 0 Å². The summed E-state index contributed by atoms with van der Waals surface area (Å²) < 4.78 is 0. The van der Waals surface area contributed by atoms with Crippen LogP contribution in [-0.2, 0) is 4.79 Å². The van der Waals surface area contributed by atoms with Crippen LogP contribution >= 0.6 is 0 Å². The van der Waals surface area contributed by atoms with Crippen LogP contribution in [0, 0.1) is 5.92 Å². The normalized spacial score (nSPS) is 14.6. The summed E-state index contributed by atoms with van der Waals surface area (Å²) in [4.78, 5) is 13.6. The number of aliphatic hydroxyl groups is 1. The maximum Gasteiger partial charge on any atom is 0.246 e. The second-order valence-electron chi connectivity index (χ2n) is 5.15. The van der Waals surface area contributed by atoms with E-state index in [0.29, 0.717) is 0 Å². The lowest BCUT2D eigenvalue weighted by molar-refractivity contribution is -0.125. The smallest absolute Gasteiger partial charge is 0.246 e. The predicted octanol–water partition coefficient (Wildman–Crippen LogP) is 3.38. The zero-order valence-corrected chi connectivity index (χ0v) is 13.1. The van der Waals surface area contributed by atoms with E-state index in [1.54, 1.807) is 11.0 Å². The minimum absolute atomic E-state index is 0.0371. The molecule has 0 aromatic heterocycles. The fourth-order valence-corrected chi connectivity index (χ4v) is 2.05. The molecule has 0 heterocycles. The molecule has 2 atom stereocenters. The van der Waals surface area contributed by atoms with E-state index in [9.17, 15) is 9.90 Å². The lowest BCUT2D eigenvalue weighted by atomic mass is 9.98. The van der Waals surface area contributed by atoms with Crippen molar-refractivity contribution in [2.75, 3.05) is 13.1 Å². The van der Waals surface area contributed by atoms with Crippen molar-refractivity contribution in [1.82, 2.24) is 4.90 Å². The van der Waals surface area contributed by atoms with Gasteiger partial charge < -0.3 is 10.0 Å². The molecule has 0 aromatic carbocycles. The van der Waals surface area contributed by atoms with Gasteiger partial charge in [0, 0.05) is 19.0 Å². The first kappa shape index (κ1) is 18.2. The highest BCUT2D eigenvalue weighted by Gasteiger charge is 2.12. The molecule has 0 spiro atoms. The van der Waals surface area contributed by atoms with E-state index in [1.165, 1.54) is 19.3 Å². The van der Waals surface area contributed by atoms with Crippen molar-refractivity contribution in [3.05, 3.63) is 12.2 Å². The molecule has 0 saturated carbocycles. The minimum Gasteiger partial charge on any atom is -0.393 e. The molecular formula is C16H31NO2. The fraction of sp³-hybridized carbons (Fsp3) is 0.812. The van der Waals surface area contributed by atoms with Crippen LogP contribution < -0.4 is 0 Å². The third kappa shape index (κ3) is 8.04. The Balaban J connectivity index is 4.05. The highest BCUT2D eigenvalue weighted by atomic mass is 16.3. The average molecular weight is 269 g/mol. The Morgan fingerprint density at radius 2 is 1.79 bits per heavy atom. The number of unbranched alkanes of at least 4 members (excludes halogenated alkanes) is 3. The Hall–Kier alpha value is -0.830. The number of likely N-dealkylation sites (N-methyl/N-ethyl adjacent to an activating group) is 1. The molecule has 0 saturated heterocycles. The predicted molar refractivity (Wildman–Crippen MR) is 81.0 cm³/mol. The van der Waals surface area contributed by atoms with Crippen LogP contribution in [0.25, 0.3) is 0 Å². The summed E-state index contributed by atoms with van der Waals surface area (Å²) in [6.45, 7) is 9.56. The zero-order chi connectivity index (χ0) is 14.7. The number of carbonyl (C=O) groups is 1. The van der Waals surface area contributed by atoms with Gasteiger partial charge in [-0.05, 0) is 26.3 Å². The van der Waals surface area contributed by atoms with E-state index in [0.717, 1.165) is 25.9 Å². The van der Waals surface area contributed by atoms with Crippen molar-refractivity contribution in [3.8, 4) is 0 Å². The topological polar surface area (TPSA) is 40.5 Å². The first-order valence-corrected chi connectivity index (χ1v) is 7.71. The van der Waals surface area contributed by atoms with Gasteiger partial charge in [-0.25, -0.2) is 0 Å². The van der Waals surface area contributed by atoms with Gasteiger partial charge in [0.1, 0.15) is 0 Å². The molecular weight excluding hydrogens is 238 g/mol. The van der Waals surface area contributed by atoms with Gasteiger partial charge in [0.2, 0.25) is 5.91 Å². The number of aliphatic hydroxyl groups excluding tert-OH is 1. The van der Waals surface area contributed by atoms with Gasteiger partial charge in [0.05, 0.1) is 6.10 Å². The third-order valence-corrected chi connectivity index (χ3v) is 3.58. The van der Waals surface area contributed by atoms with Crippen molar-refractivity contribution in [2.45, 2.75) is 65.9 Å². The van der Waals surface area contributed by atoms with E-state index in [-0.39, 0.29) is 17.9 Å². The summed E-state index contributed by atoms with van der Waals surface area (Å²) in [5, 5.41) is 10.0. The molecule has 19 heavy (non-hydrogen) atoms. The lowest BCUT2D eigenvalue weighted by Gasteiger charge is -2.18. The first-order valence-electron chi connectivity index (χ1n) is 7.71. The Morgan fingerprint density at radius 3 is 2.32 bits per heavy atom. The lowest BCUT2D eigenvalue weighted by Crippen LogP contribution is -2.29. The number of nitrogens with zero attached hydrogens (tertiary/aromatic N) is 1. The molecule has 3 nitrogen and oxygen atoms in total. The largest absolute Gasteiger partial charge is 0.393 e. The van der Waals surface area contributed by atoms with Crippen LogP contribution in [0.1, 0.15) is 59.8 Å². The van der Waals surface area contributed by atoms with Gasteiger partial charge >= 0.3 is 0 Å². The Morgan fingerprint density at radius 1 is 1.16 bits per heavy atom. The second-order valence-corrected chi connectivity index (χ2v) is 5.15. The Bertz CT molecular complexity index is 259. The Labute approximate surface area is 118 Å². The van der Waals surface area contributed by atoms with Crippen LogP contribution in [0.15, 0.2) is 12.2 Å². The third-order valence-electron chi connectivity index (χ3n) is 3.58. The van der Waals surface area contributed by atoms with Gasteiger partial charge in [-0.1, -0.05) is 45.6 Å². The molecule has 0 aliphatic rings. The van der Waals surface area contributed by atoms with Crippen molar-refractivity contribution in [1.29, 1.82) is 0 Å². The number of rotatable bonds is 10. The monoisotopic (exact) mass is 269 g/mol. The van der Waals surface area contributed by atoms with Crippen LogP contribution in [0.2, 0.25) is 0 Å². The standard InChI is InChI=1S/C16H31NO2/c1-5-8-9-10-11-15(18)14(4)12-13-16(19)17(6-2)7-3/h12-15,18H,5-11H2,1-4H3/b13-12+/t14-,15-/m1/s1. The van der Waals surface area contributed by atoms with Crippen molar-refractivity contribution in [2.24, 2.45) is 5.92 Å². The molecule has 1 amide bonds. The highest BCUT2D eigenvalue weighted by Crippen LogP contribution is 2.13. The quantitative estimate of drug-likeness (QED) is 0.488. The van der Waals surface area contributed by atoms with Gasteiger partial charge in [-0.15, -0.1) is 0 Å². The van der Waals surface area contributed by atoms with Gasteiger partial charge in [-0.3, -0.25) is 4.79 Å².